The Labute approximate surface area is 108 Å². The van der Waals surface area contributed by atoms with Crippen LogP contribution in [0.3, 0.4) is 0 Å². The molecule has 0 amide bonds. The molecule has 1 N–H and O–H groups in total. The zero-order valence-electron chi connectivity index (χ0n) is 11.3. The monoisotopic (exact) mass is 254 g/mol. The number of aliphatic hydroxyl groups excluding tert-OH is 1. The molecule has 1 aromatic rings. The minimum Gasteiger partial charge on any atom is -0.496 e. The number of aliphatic hydroxyl groups is 1. The molecule has 3 heteroatoms. The first kappa shape index (κ1) is 14.4. The molecule has 0 spiro atoms. The van der Waals surface area contributed by atoms with Crippen LogP contribution in [0.5, 0.6) is 5.75 Å². The summed E-state index contributed by atoms with van der Waals surface area (Å²) in [6.45, 7) is 6.31. The number of hydrogen-bond acceptors (Lipinski definition) is 3. The minimum absolute atomic E-state index is 0.114. The third-order valence-electron chi connectivity index (χ3n) is 3.11. The maximum absolute atomic E-state index is 9.50. The van der Waals surface area contributed by atoms with Gasteiger partial charge in [0.15, 0.2) is 0 Å². The molecule has 0 bridgehead atoms. The molecule has 17 heavy (non-hydrogen) atoms. The zero-order chi connectivity index (χ0) is 13.1. The lowest BCUT2D eigenvalue weighted by molar-refractivity contribution is 0.214. The van der Waals surface area contributed by atoms with Gasteiger partial charge in [-0.15, -0.1) is 11.8 Å². The SMILES string of the molecule is CCc1cc(OC)c(C(C)(C)CO)cc1SC. The predicted octanol–water partition coefficient (Wildman–Crippen LogP) is 3.25. The van der Waals surface area contributed by atoms with Gasteiger partial charge in [-0.25, -0.2) is 0 Å². The summed E-state index contributed by atoms with van der Waals surface area (Å²) in [5, 5.41) is 9.50. The van der Waals surface area contributed by atoms with E-state index in [0.717, 1.165) is 17.7 Å². The van der Waals surface area contributed by atoms with Gasteiger partial charge in [-0.1, -0.05) is 20.8 Å². The van der Waals surface area contributed by atoms with Crippen molar-refractivity contribution in [3.05, 3.63) is 23.3 Å². The number of aryl methyl sites for hydroxylation is 1. The Morgan fingerprint density at radius 1 is 1.35 bits per heavy atom. The van der Waals surface area contributed by atoms with Gasteiger partial charge in [-0.2, -0.15) is 0 Å². The molecule has 0 saturated heterocycles. The fourth-order valence-electron chi connectivity index (χ4n) is 1.85. The quantitative estimate of drug-likeness (QED) is 0.818. The Kier molecular flexibility index (Phi) is 4.90. The lowest BCUT2D eigenvalue weighted by Crippen LogP contribution is -2.23. The van der Waals surface area contributed by atoms with Crippen molar-refractivity contribution < 1.29 is 9.84 Å². The number of methoxy groups -OCH3 is 1. The molecule has 1 rings (SSSR count). The fourth-order valence-corrected chi connectivity index (χ4v) is 2.55. The standard InChI is InChI=1S/C14H22O2S/c1-6-10-7-12(16-4)11(8-13(10)17-5)14(2,3)9-15/h7-8,15H,6,9H2,1-5H3. The van der Waals surface area contributed by atoms with E-state index in [1.54, 1.807) is 18.9 Å². The highest BCUT2D eigenvalue weighted by molar-refractivity contribution is 7.98. The first-order valence-electron chi connectivity index (χ1n) is 5.86. The van der Waals surface area contributed by atoms with Crippen LogP contribution in [-0.2, 0) is 11.8 Å². The van der Waals surface area contributed by atoms with Crippen LogP contribution in [0, 0.1) is 0 Å². The van der Waals surface area contributed by atoms with Gasteiger partial charge in [-0.05, 0) is 30.4 Å². The average Bonchev–Trinajstić information content (AvgIpc) is 2.36. The molecule has 0 aliphatic heterocycles. The molecule has 0 unspecified atom stereocenters. The van der Waals surface area contributed by atoms with Crippen LogP contribution >= 0.6 is 11.8 Å². The Morgan fingerprint density at radius 2 is 2.00 bits per heavy atom. The molecule has 1 aromatic carbocycles. The van der Waals surface area contributed by atoms with Gasteiger partial charge in [0.2, 0.25) is 0 Å². The van der Waals surface area contributed by atoms with Crippen LogP contribution in [-0.4, -0.2) is 25.1 Å². The maximum Gasteiger partial charge on any atom is 0.123 e. The molecular weight excluding hydrogens is 232 g/mol. The van der Waals surface area contributed by atoms with Gasteiger partial charge in [0.25, 0.3) is 0 Å². The molecule has 0 radical (unpaired) electrons. The smallest absolute Gasteiger partial charge is 0.123 e. The molecule has 0 atom stereocenters. The van der Waals surface area contributed by atoms with Gasteiger partial charge in [0.1, 0.15) is 5.75 Å². The Bertz CT molecular complexity index is 386. The summed E-state index contributed by atoms with van der Waals surface area (Å²) < 4.78 is 5.46. The van der Waals surface area contributed by atoms with E-state index in [1.165, 1.54) is 10.5 Å². The molecule has 0 aliphatic carbocycles. The van der Waals surface area contributed by atoms with E-state index in [4.69, 9.17) is 4.74 Å². The number of benzene rings is 1. The molecule has 2 nitrogen and oxygen atoms in total. The largest absolute Gasteiger partial charge is 0.496 e. The van der Waals surface area contributed by atoms with Gasteiger partial charge < -0.3 is 9.84 Å². The third kappa shape index (κ3) is 2.96. The lowest BCUT2D eigenvalue weighted by Gasteiger charge is -2.26. The van der Waals surface area contributed by atoms with Crippen LogP contribution in [0.15, 0.2) is 17.0 Å². The summed E-state index contributed by atoms with van der Waals surface area (Å²) in [7, 11) is 1.69. The molecule has 0 aliphatic rings. The first-order chi connectivity index (χ1) is 8.00. The van der Waals surface area contributed by atoms with Crippen LogP contribution in [0.2, 0.25) is 0 Å². The van der Waals surface area contributed by atoms with E-state index in [2.05, 4.69) is 25.3 Å². The van der Waals surface area contributed by atoms with Crippen LogP contribution in [0.1, 0.15) is 31.9 Å². The lowest BCUT2D eigenvalue weighted by atomic mass is 9.84. The highest BCUT2D eigenvalue weighted by Crippen LogP contribution is 2.36. The summed E-state index contributed by atoms with van der Waals surface area (Å²) >= 11 is 1.74. The second-order valence-corrected chi connectivity index (χ2v) is 5.61. The molecule has 0 aromatic heterocycles. The van der Waals surface area contributed by atoms with E-state index in [9.17, 15) is 5.11 Å². The second kappa shape index (κ2) is 5.78. The van der Waals surface area contributed by atoms with E-state index < -0.39 is 0 Å². The molecule has 0 fully saturated rings. The van der Waals surface area contributed by atoms with Crippen molar-refractivity contribution >= 4 is 11.8 Å². The maximum atomic E-state index is 9.50. The average molecular weight is 254 g/mol. The van der Waals surface area contributed by atoms with Crippen molar-refractivity contribution in [1.29, 1.82) is 0 Å². The molecule has 0 heterocycles. The van der Waals surface area contributed by atoms with E-state index in [1.807, 2.05) is 13.8 Å². The first-order valence-corrected chi connectivity index (χ1v) is 7.08. The highest BCUT2D eigenvalue weighted by Gasteiger charge is 2.24. The number of ether oxygens (including phenoxy) is 1. The third-order valence-corrected chi connectivity index (χ3v) is 3.93. The molecule has 0 saturated carbocycles. The van der Waals surface area contributed by atoms with E-state index in [0.29, 0.717) is 0 Å². The van der Waals surface area contributed by atoms with Crippen molar-refractivity contribution in [1.82, 2.24) is 0 Å². The van der Waals surface area contributed by atoms with Crippen LogP contribution in [0.4, 0.5) is 0 Å². The van der Waals surface area contributed by atoms with Crippen molar-refractivity contribution in [2.75, 3.05) is 20.0 Å². The number of rotatable bonds is 5. The summed E-state index contributed by atoms with van der Waals surface area (Å²) in [5.41, 5.74) is 2.10. The van der Waals surface area contributed by atoms with Crippen LogP contribution in [0.25, 0.3) is 0 Å². The van der Waals surface area contributed by atoms with Crippen molar-refractivity contribution in [2.24, 2.45) is 0 Å². The van der Waals surface area contributed by atoms with Crippen molar-refractivity contribution in [3.63, 3.8) is 0 Å². The highest BCUT2D eigenvalue weighted by atomic mass is 32.2. The van der Waals surface area contributed by atoms with Gasteiger partial charge >= 0.3 is 0 Å². The predicted molar refractivity (Wildman–Crippen MR) is 74.3 cm³/mol. The van der Waals surface area contributed by atoms with Gasteiger partial charge in [0, 0.05) is 15.9 Å². The minimum atomic E-state index is -0.276. The molecule has 96 valence electrons. The summed E-state index contributed by atoms with van der Waals surface area (Å²) in [4.78, 5) is 1.27. The number of thioether (sulfide) groups is 1. The van der Waals surface area contributed by atoms with Gasteiger partial charge in [0.05, 0.1) is 13.7 Å². The number of hydrogen-bond donors (Lipinski definition) is 1. The van der Waals surface area contributed by atoms with E-state index >= 15 is 0 Å². The summed E-state index contributed by atoms with van der Waals surface area (Å²) in [6.07, 6.45) is 3.07. The second-order valence-electron chi connectivity index (χ2n) is 4.76. The Balaban J connectivity index is 3.38. The fraction of sp³-hybridized carbons (Fsp3) is 0.571. The summed E-state index contributed by atoms with van der Waals surface area (Å²) in [5.74, 6) is 0.874. The normalized spacial score (nSPS) is 11.6. The van der Waals surface area contributed by atoms with Crippen LogP contribution < -0.4 is 4.74 Å². The molecular formula is C14H22O2S. The topological polar surface area (TPSA) is 29.5 Å². The summed E-state index contributed by atoms with van der Waals surface area (Å²) in [6, 6.07) is 4.25. The van der Waals surface area contributed by atoms with Crippen molar-refractivity contribution in [2.45, 2.75) is 37.5 Å². The van der Waals surface area contributed by atoms with Crippen molar-refractivity contribution in [3.8, 4) is 5.75 Å². The van der Waals surface area contributed by atoms with Gasteiger partial charge in [-0.3, -0.25) is 0 Å². The zero-order valence-corrected chi connectivity index (χ0v) is 12.1. The Morgan fingerprint density at radius 3 is 2.41 bits per heavy atom. The van der Waals surface area contributed by atoms with E-state index in [-0.39, 0.29) is 12.0 Å². The Hall–Kier alpha value is -0.670.